The van der Waals surface area contributed by atoms with Gasteiger partial charge < -0.3 is 10.4 Å². The molecule has 0 saturated carbocycles. The number of aliphatic hydroxyl groups excluding tert-OH is 1. The van der Waals surface area contributed by atoms with Crippen LogP contribution in [0.15, 0.2) is 12.7 Å². The summed E-state index contributed by atoms with van der Waals surface area (Å²) in [4.78, 5) is 10.7. The predicted octanol–water partition coefficient (Wildman–Crippen LogP) is -0.331. The maximum absolute atomic E-state index is 10.7. The van der Waals surface area contributed by atoms with E-state index in [0.29, 0.717) is 6.42 Å². The average molecular weight is 141 g/mol. The van der Waals surface area contributed by atoms with Crippen LogP contribution in [0.25, 0.3) is 0 Å². The Balaban J connectivity index is 2.56. The van der Waals surface area contributed by atoms with Crippen molar-refractivity contribution in [2.45, 2.75) is 12.5 Å². The lowest BCUT2D eigenvalue weighted by molar-refractivity contribution is -0.119. The third-order valence-corrected chi connectivity index (χ3v) is 1.78. The van der Waals surface area contributed by atoms with E-state index in [1.807, 2.05) is 0 Å². The van der Waals surface area contributed by atoms with Crippen LogP contribution in [0.2, 0.25) is 0 Å². The van der Waals surface area contributed by atoms with E-state index in [4.69, 9.17) is 5.11 Å². The first kappa shape index (κ1) is 7.28. The van der Waals surface area contributed by atoms with E-state index in [9.17, 15) is 4.79 Å². The van der Waals surface area contributed by atoms with Crippen molar-refractivity contribution in [1.29, 1.82) is 0 Å². The highest BCUT2D eigenvalue weighted by Crippen LogP contribution is 2.16. The molecule has 3 heteroatoms. The summed E-state index contributed by atoms with van der Waals surface area (Å²) >= 11 is 0. The number of amides is 1. The lowest BCUT2D eigenvalue weighted by Crippen LogP contribution is -2.31. The Hall–Kier alpha value is -0.830. The lowest BCUT2D eigenvalue weighted by atomic mass is 10.0. The van der Waals surface area contributed by atoms with Gasteiger partial charge in [-0.05, 0) is 0 Å². The van der Waals surface area contributed by atoms with Gasteiger partial charge in [-0.3, -0.25) is 4.79 Å². The number of carbonyl (C=O) groups is 1. The van der Waals surface area contributed by atoms with Crippen LogP contribution in [-0.2, 0) is 4.79 Å². The number of hydrogen-bond donors (Lipinski definition) is 2. The first-order valence-electron chi connectivity index (χ1n) is 3.30. The summed E-state index contributed by atoms with van der Waals surface area (Å²) in [6, 6.07) is -0.106. The minimum atomic E-state index is -0.106. The molecule has 2 unspecified atom stereocenters. The maximum Gasteiger partial charge on any atom is 0.220 e. The third kappa shape index (κ3) is 1.19. The topological polar surface area (TPSA) is 49.3 Å². The van der Waals surface area contributed by atoms with Crippen molar-refractivity contribution in [2.24, 2.45) is 5.92 Å². The Kier molecular flexibility index (Phi) is 2.06. The van der Waals surface area contributed by atoms with Gasteiger partial charge in [0.2, 0.25) is 5.91 Å². The minimum absolute atomic E-state index is 0.00241. The highest BCUT2D eigenvalue weighted by molar-refractivity contribution is 5.79. The Morgan fingerprint density at radius 2 is 2.60 bits per heavy atom. The normalized spacial score (nSPS) is 31.9. The molecule has 0 aromatic carbocycles. The summed E-state index contributed by atoms with van der Waals surface area (Å²) in [6.07, 6.45) is 2.17. The van der Waals surface area contributed by atoms with Crippen molar-refractivity contribution in [2.75, 3.05) is 6.61 Å². The van der Waals surface area contributed by atoms with Crippen molar-refractivity contribution in [3.63, 3.8) is 0 Å². The molecule has 1 amide bonds. The van der Waals surface area contributed by atoms with Crippen molar-refractivity contribution in [3.05, 3.63) is 12.7 Å². The molecule has 1 aliphatic heterocycles. The highest BCUT2D eigenvalue weighted by atomic mass is 16.3. The molecule has 1 heterocycles. The molecule has 2 atom stereocenters. The molecule has 0 radical (unpaired) electrons. The first-order valence-corrected chi connectivity index (χ1v) is 3.30. The Labute approximate surface area is 59.7 Å². The van der Waals surface area contributed by atoms with Crippen LogP contribution in [0, 0.1) is 5.92 Å². The average Bonchev–Trinajstić information content (AvgIpc) is 2.30. The molecule has 1 fully saturated rings. The van der Waals surface area contributed by atoms with Crippen LogP contribution in [0.1, 0.15) is 6.42 Å². The molecule has 0 bridgehead atoms. The largest absolute Gasteiger partial charge is 0.394 e. The first-order chi connectivity index (χ1) is 4.77. The summed E-state index contributed by atoms with van der Waals surface area (Å²) < 4.78 is 0. The number of rotatable bonds is 2. The van der Waals surface area contributed by atoms with Crippen LogP contribution < -0.4 is 5.32 Å². The van der Waals surface area contributed by atoms with Gasteiger partial charge in [-0.1, -0.05) is 6.08 Å². The molecule has 3 nitrogen and oxygen atoms in total. The molecule has 2 N–H and O–H groups in total. The second-order valence-corrected chi connectivity index (χ2v) is 2.46. The van der Waals surface area contributed by atoms with E-state index >= 15 is 0 Å². The quantitative estimate of drug-likeness (QED) is 0.517. The van der Waals surface area contributed by atoms with Crippen LogP contribution in [0.3, 0.4) is 0 Å². The molecule has 0 spiro atoms. The summed E-state index contributed by atoms with van der Waals surface area (Å²) in [5, 5.41) is 11.4. The fraction of sp³-hybridized carbons (Fsp3) is 0.571. The van der Waals surface area contributed by atoms with Crippen LogP contribution >= 0.6 is 0 Å². The monoisotopic (exact) mass is 141 g/mol. The number of carbonyl (C=O) groups excluding carboxylic acids is 1. The van der Waals surface area contributed by atoms with Gasteiger partial charge in [0.1, 0.15) is 0 Å². The van der Waals surface area contributed by atoms with Gasteiger partial charge in [0.15, 0.2) is 0 Å². The molecule has 1 aliphatic rings. The fourth-order valence-corrected chi connectivity index (χ4v) is 1.16. The third-order valence-electron chi connectivity index (χ3n) is 1.78. The molecule has 1 saturated heterocycles. The minimum Gasteiger partial charge on any atom is -0.394 e. The molecular weight excluding hydrogens is 130 g/mol. The van der Waals surface area contributed by atoms with E-state index in [1.54, 1.807) is 6.08 Å². The SMILES string of the molecule is C=CC1CC(=O)NC1CO. The van der Waals surface area contributed by atoms with Gasteiger partial charge in [0.25, 0.3) is 0 Å². The zero-order chi connectivity index (χ0) is 7.56. The van der Waals surface area contributed by atoms with E-state index in [0.717, 1.165) is 0 Å². The molecule has 0 aliphatic carbocycles. The summed E-state index contributed by atoms with van der Waals surface area (Å²) in [5.41, 5.74) is 0. The summed E-state index contributed by atoms with van der Waals surface area (Å²) in [7, 11) is 0. The second kappa shape index (κ2) is 2.84. The van der Waals surface area contributed by atoms with E-state index in [2.05, 4.69) is 11.9 Å². The van der Waals surface area contributed by atoms with Crippen molar-refractivity contribution in [1.82, 2.24) is 5.32 Å². The van der Waals surface area contributed by atoms with Crippen molar-refractivity contribution in [3.8, 4) is 0 Å². The van der Waals surface area contributed by atoms with Gasteiger partial charge in [-0.15, -0.1) is 6.58 Å². The Morgan fingerprint density at radius 1 is 1.90 bits per heavy atom. The van der Waals surface area contributed by atoms with E-state index < -0.39 is 0 Å². The zero-order valence-corrected chi connectivity index (χ0v) is 5.71. The Bertz CT molecular complexity index is 156. The molecule has 0 aromatic rings. The van der Waals surface area contributed by atoms with Crippen LogP contribution in [-0.4, -0.2) is 23.7 Å². The van der Waals surface area contributed by atoms with Gasteiger partial charge in [-0.25, -0.2) is 0 Å². The Morgan fingerprint density at radius 3 is 3.00 bits per heavy atom. The number of nitrogens with one attached hydrogen (secondary N) is 1. The van der Waals surface area contributed by atoms with E-state index in [-0.39, 0.29) is 24.5 Å². The maximum atomic E-state index is 10.7. The highest BCUT2D eigenvalue weighted by Gasteiger charge is 2.28. The van der Waals surface area contributed by atoms with E-state index in [1.165, 1.54) is 0 Å². The predicted molar refractivity (Wildman–Crippen MR) is 37.3 cm³/mol. The van der Waals surface area contributed by atoms with Crippen molar-refractivity contribution >= 4 is 5.91 Å². The smallest absolute Gasteiger partial charge is 0.220 e. The van der Waals surface area contributed by atoms with Crippen LogP contribution in [0.5, 0.6) is 0 Å². The van der Waals surface area contributed by atoms with Crippen molar-refractivity contribution < 1.29 is 9.90 Å². The lowest BCUT2D eigenvalue weighted by Gasteiger charge is -2.10. The molecule has 10 heavy (non-hydrogen) atoms. The number of aliphatic hydroxyl groups is 1. The van der Waals surface area contributed by atoms with Gasteiger partial charge >= 0.3 is 0 Å². The molecular formula is C7H11NO2. The van der Waals surface area contributed by atoms with Gasteiger partial charge in [-0.2, -0.15) is 0 Å². The molecule has 56 valence electrons. The molecule has 1 rings (SSSR count). The van der Waals surface area contributed by atoms with Gasteiger partial charge in [0, 0.05) is 12.3 Å². The zero-order valence-electron chi connectivity index (χ0n) is 5.71. The summed E-state index contributed by atoms with van der Waals surface area (Å²) in [6.45, 7) is 3.57. The van der Waals surface area contributed by atoms with Crippen LogP contribution in [0.4, 0.5) is 0 Å². The fourth-order valence-electron chi connectivity index (χ4n) is 1.16. The molecule has 0 aromatic heterocycles. The number of hydrogen-bond acceptors (Lipinski definition) is 2. The second-order valence-electron chi connectivity index (χ2n) is 2.46. The summed E-state index contributed by atoms with van der Waals surface area (Å²) in [5.74, 6) is 0.112. The van der Waals surface area contributed by atoms with Gasteiger partial charge in [0.05, 0.1) is 12.6 Å². The standard InChI is InChI=1S/C7H11NO2/c1-2-5-3-7(10)8-6(5)4-9/h2,5-6,9H,1,3-4H2,(H,8,10).